The fourth-order valence-electron chi connectivity index (χ4n) is 1.99. The van der Waals surface area contributed by atoms with Crippen LogP contribution in [-0.2, 0) is 0 Å². The summed E-state index contributed by atoms with van der Waals surface area (Å²) in [6.07, 6.45) is 2.75. The molecule has 0 bridgehead atoms. The van der Waals surface area contributed by atoms with Gasteiger partial charge < -0.3 is 4.74 Å². The van der Waals surface area contributed by atoms with Gasteiger partial charge in [0, 0.05) is 31.0 Å². The molecule has 3 rings (SSSR count). The molecule has 1 aliphatic carbocycles. The van der Waals surface area contributed by atoms with Crippen molar-refractivity contribution in [1.82, 2.24) is 25.0 Å². The highest BCUT2D eigenvalue weighted by Crippen LogP contribution is 2.47. The molecule has 19 heavy (non-hydrogen) atoms. The normalized spacial score (nSPS) is 18.1. The van der Waals surface area contributed by atoms with Crippen LogP contribution in [0.4, 0.5) is 8.78 Å². The Morgan fingerprint density at radius 3 is 2.89 bits per heavy atom. The molecular weight excluding hydrogens is 256 g/mol. The van der Waals surface area contributed by atoms with Crippen molar-refractivity contribution in [2.24, 2.45) is 0 Å². The van der Waals surface area contributed by atoms with Gasteiger partial charge in [-0.25, -0.2) is 13.8 Å². The zero-order chi connectivity index (χ0) is 13.5. The number of alkyl halides is 2. The molecule has 1 saturated carbocycles. The zero-order valence-electron chi connectivity index (χ0n) is 10.1. The largest absolute Gasteiger partial charge is 0.481 e. The van der Waals surface area contributed by atoms with Gasteiger partial charge in [-0.15, -0.1) is 5.10 Å². The van der Waals surface area contributed by atoms with Crippen LogP contribution in [-0.4, -0.2) is 38.0 Å². The first kappa shape index (κ1) is 11.9. The lowest BCUT2D eigenvalue weighted by atomic mass is 9.79. The quantitative estimate of drug-likeness (QED) is 0.844. The molecule has 0 aliphatic heterocycles. The van der Waals surface area contributed by atoms with Crippen LogP contribution in [0.3, 0.4) is 0 Å². The van der Waals surface area contributed by atoms with Crippen LogP contribution in [0.5, 0.6) is 5.88 Å². The summed E-state index contributed by atoms with van der Waals surface area (Å²) in [7, 11) is 1.50. The molecule has 0 aromatic carbocycles. The predicted octanol–water partition coefficient (Wildman–Crippen LogP) is 1.58. The molecule has 8 heteroatoms. The molecule has 0 radical (unpaired) electrons. The Morgan fingerprint density at radius 2 is 2.21 bits per heavy atom. The Kier molecular flexibility index (Phi) is 2.65. The van der Waals surface area contributed by atoms with Crippen LogP contribution in [0, 0.1) is 0 Å². The molecule has 0 atom stereocenters. The number of nitrogens with zero attached hydrogens (tertiary/aromatic N) is 5. The van der Waals surface area contributed by atoms with Crippen molar-refractivity contribution in [3.63, 3.8) is 0 Å². The minimum absolute atomic E-state index is 0.176. The van der Waals surface area contributed by atoms with Crippen molar-refractivity contribution in [2.45, 2.75) is 24.7 Å². The van der Waals surface area contributed by atoms with Gasteiger partial charge in [0.1, 0.15) is 0 Å². The van der Waals surface area contributed by atoms with E-state index in [1.807, 2.05) is 0 Å². The van der Waals surface area contributed by atoms with E-state index in [0.29, 0.717) is 17.5 Å². The molecule has 1 fully saturated rings. The third kappa shape index (κ3) is 2.25. The van der Waals surface area contributed by atoms with E-state index in [1.54, 1.807) is 12.3 Å². The standard InChI is InChI=1S/C11H11F2N5O/c1-19-9-2-3-14-10(15-9)18-6-8(16-17-18)7-4-11(12,13)5-7/h2-3,6-7H,4-5H2,1H3. The van der Waals surface area contributed by atoms with Crippen molar-refractivity contribution in [1.29, 1.82) is 0 Å². The molecule has 100 valence electrons. The van der Waals surface area contributed by atoms with Crippen molar-refractivity contribution in [3.8, 4) is 11.8 Å². The molecule has 0 saturated heterocycles. The summed E-state index contributed by atoms with van der Waals surface area (Å²) in [6, 6.07) is 1.60. The third-order valence-corrected chi connectivity index (χ3v) is 3.05. The van der Waals surface area contributed by atoms with E-state index in [9.17, 15) is 8.78 Å². The van der Waals surface area contributed by atoms with E-state index in [1.165, 1.54) is 18.0 Å². The molecule has 2 heterocycles. The second-order valence-electron chi connectivity index (χ2n) is 4.45. The summed E-state index contributed by atoms with van der Waals surface area (Å²) in [5, 5.41) is 7.75. The fourth-order valence-corrected chi connectivity index (χ4v) is 1.99. The molecule has 2 aromatic heterocycles. The predicted molar refractivity (Wildman–Crippen MR) is 60.4 cm³/mol. The zero-order valence-corrected chi connectivity index (χ0v) is 10.1. The van der Waals surface area contributed by atoms with Crippen molar-refractivity contribution in [2.75, 3.05) is 7.11 Å². The lowest BCUT2D eigenvalue weighted by molar-refractivity contribution is -0.0876. The summed E-state index contributed by atoms with van der Waals surface area (Å²) in [5.74, 6) is -2.11. The fraction of sp³-hybridized carbons (Fsp3) is 0.455. The second-order valence-corrected chi connectivity index (χ2v) is 4.45. The Balaban J connectivity index is 1.81. The van der Waals surface area contributed by atoms with Gasteiger partial charge in [0.2, 0.25) is 11.8 Å². The number of hydrogen-bond acceptors (Lipinski definition) is 5. The molecule has 6 nitrogen and oxygen atoms in total. The van der Waals surface area contributed by atoms with Gasteiger partial charge in [0.25, 0.3) is 5.95 Å². The number of ether oxygens (including phenoxy) is 1. The van der Waals surface area contributed by atoms with E-state index in [4.69, 9.17) is 4.74 Å². The minimum Gasteiger partial charge on any atom is -0.481 e. The number of halogens is 2. The maximum Gasteiger partial charge on any atom is 0.255 e. The van der Waals surface area contributed by atoms with Crippen LogP contribution in [0.1, 0.15) is 24.5 Å². The average molecular weight is 267 g/mol. The lowest BCUT2D eigenvalue weighted by Crippen LogP contribution is -2.33. The molecule has 0 spiro atoms. The maximum atomic E-state index is 12.8. The van der Waals surface area contributed by atoms with Gasteiger partial charge >= 0.3 is 0 Å². The second kappa shape index (κ2) is 4.22. The lowest BCUT2D eigenvalue weighted by Gasteiger charge is -2.33. The smallest absolute Gasteiger partial charge is 0.255 e. The molecule has 2 aromatic rings. The van der Waals surface area contributed by atoms with E-state index >= 15 is 0 Å². The first-order valence-corrected chi connectivity index (χ1v) is 5.75. The van der Waals surface area contributed by atoms with Gasteiger partial charge in [-0.3, -0.25) is 0 Å². The van der Waals surface area contributed by atoms with E-state index in [-0.39, 0.29) is 18.8 Å². The summed E-state index contributed by atoms with van der Waals surface area (Å²) in [6.45, 7) is 0. The maximum absolute atomic E-state index is 12.8. The van der Waals surface area contributed by atoms with Crippen LogP contribution >= 0.6 is 0 Å². The minimum atomic E-state index is -2.57. The first-order valence-electron chi connectivity index (χ1n) is 5.75. The molecule has 0 amide bonds. The van der Waals surface area contributed by atoms with E-state index in [2.05, 4.69) is 20.3 Å². The molecule has 0 N–H and O–H groups in total. The van der Waals surface area contributed by atoms with Gasteiger partial charge in [0.05, 0.1) is 19.0 Å². The molecule has 0 unspecified atom stereocenters. The Labute approximate surface area is 107 Å². The van der Waals surface area contributed by atoms with Gasteiger partial charge in [-0.1, -0.05) is 5.21 Å². The highest BCUT2D eigenvalue weighted by atomic mass is 19.3. The summed E-state index contributed by atoms with van der Waals surface area (Å²) in [4.78, 5) is 8.11. The van der Waals surface area contributed by atoms with Crippen LogP contribution < -0.4 is 4.74 Å². The Hall–Kier alpha value is -2.12. The van der Waals surface area contributed by atoms with Crippen LogP contribution in [0.2, 0.25) is 0 Å². The SMILES string of the molecule is COc1ccnc(-n2cc(C3CC(F)(F)C3)nn2)n1. The van der Waals surface area contributed by atoms with Gasteiger partial charge in [-0.2, -0.15) is 9.67 Å². The monoisotopic (exact) mass is 267 g/mol. The van der Waals surface area contributed by atoms with Crippen molar-refractivity contribution in [3.05, 3.63) is 24.2 Å². The number of hydrogen-bond donors (Lipinski definition) is 0. The number of methoxy groups -OCH3 is 1. The van der Waals surface area contributed by atoms with E-state index < -0.39 is 5.92 Å². The summed E-state index contributed by atoms with van der Waals surface area (Å²) >= 11 is 0. The van der Waals surface area contributed by atoms with Crippen LogP contribution in [0.25, 0.3) is 5.95 Å². The van der Waals surface area contributed by atoms with Gasteiger partial charge in [-0.05, 0) is 0 Å². The Bertz CT molecular complexity index is 592. The third-order valence-electron chi connectivity index (χ3n) is 3.05. The van der Waals surface area contributed by atoms with Crippen molar-refractivity contribution < 1.29 is 13.5 Å². The average Bonchev–Trinajstić information content (AvgIpc) is 2.85. The van der Waals surface area contributed by atoms with E-state index in [0.717, 1.165) is 0 Å². The van der Waals surface area contributed by atoms with Crippen LogP contribution in [0.15, 0.2) is 18.5 Å². The topological polar surface area (TPSA) is 65.7 Å². The first-order chi connectivity index (χ1) is 9.07. The number of aromatic nitrogens is 5. The Morgan fingerprint density at radius 1 is 1.42 bits per heavy atom. The highest BCUT2D eigenvalue weighted by Gasteiger charge is 2.47. The summed E-state index contributed by atoms with van der Waals surface area (Å²) in [5.41, 5.74) is 0.539. The summed E-state index contributed by atoms with van der Waals surface area (Å²) < 4.78 is 31.9. The van der Waals surface area contributed by atoms with Crippen molar-refractivity contribution >= 4 is 0 Å². The molecule has 1 aliphatic rings. The number of rotatable bonds is 3. The molecular formula is C11H11F2N5O. The highest BCUT2D eigenvalue weighted by molar-refractivity contribution is 5.19. The van der Waals surface area contributed by atoms with Gasteiger partial charge in [0.15, 0.2) is 0 Å².